The number of anilines is 1. The lowest BCUT2D eigenvalue weighted by molar-refractivity contribution is -0.122. The summed E-state index contributed by atoms with van der Waals surface area (Å²) in [5.74, 6) is -0.576. The van der Waals surface area contributed by atoms with Gasteiger partial charge in [0, 0.05) is 30.6 Å². The van der Waals surface area contributed by atoms with Gasteiger partial charge in [-0.25, -0.2) is 4.98 Å². The van der Waals surface area contributed by atoms with Gasteiger partial charge >= 0.3 is 0 Å². The second kappa shape index (κ2) is 7.25. The second-order valence-electron chi connectivity index (χ2n) is 4.99. The standard InChI is InChI=1S/C16H13N3O2S3/c1-19-14(21)12(24-16(19)22)11(9-10-5-3-2-4-6-10)13(20)18-15-17-7-8-23-15/h2-8H,9H2,1H3,(H,17,18,20)/b12-11+. The minimum atomic E-state index is -0.331. The molecule has 5 nitrogen and oxygen atoms in total. The number of thioether (sulfide) groups is 1. The number of nitrogens with zero attached hydrogens (tertiary/aromatic N) is 2. The van der Waals surface area contributed by atoms with Crippen LogP contribution in [0.15, 0.2) is 52.4 Å². The fourth-order valence-corrected chi connectivity index (χ4v) is 3.91. The number of thiocarbonyl (C=S) groups is 1. The van der Waals surface area contributed by atoms with Crippen LogP contribution in [0.1, 0.15) is 5.56 Å². The fraction of sp³-hybridized carbons (Fsp3) is 0.125. The molecule has 0 bridgehead atoms. The average molecular weight is 376 g/mol. The number of rotatable bonds is 4. The van der Waals surface area contributed by atoms with Crippen LogP contribution in [0, 0.1) is 0 Å². The number of aromatic nitrogens is 1. The molecule has 0 unspecified atom stereocenters. The minimum Gasteiger partial charge on any atom is -0.298 e. The first-order valence-electron chi connectivity index (χ1n) is 7.04. The summed E-state index contributed by atoms with van der Waals surface area (Å²) >= 11 is 7.66. The predicted molar refractivity (Wildman–Crippen MR) is 101 cm³/mol. The van der Waals surface area contributed by atoms with Crippen LogP contribution in [0.2, 0.25) is 0 Å². The van der Waals surface area contributed by atoms with E-state index in [4.69, 9.17) is 12.2 Å². The third-order valence-electron chi connectivity index (χ3n) is 3.39. The van der Waals surface area contributed by atoms with Gasteiger partial charge in [-0.3, -0.25) is 19.8 Å². The molecule has 122 valence electrons. The summed E-state index contributed by atoms with van der Waals surface area (Å²) in [4.78, 5) is 31.0. The first-order valence-corrected chi connectivity index (χ1v) is 9.14. The number of hydrogen-bond acceptors (Lipinski definition) is 6. The Morgan fingerprint density at radius 3 is 2.67 bits per heavy atom. The molecule has 1 aliphatic heterocycles. The Kier molecular flexibility index (Phi) is 5.08. The van der Waals surface area contributed by atoms with E-state index in [1.54, 1.807) is 18.6 Å². The lowest BCUT2D eigenvalue weighted by atomic mass is 10.0. The zero-order chi connectivity index (χ0) is 17.1. The van der Waals surface area contributed by atoms with Crippen molar-refractivity contribution in [3.05, 3.63) is 58.0 Å². The van der Waals surface area contributed by atoms with Gasteiger partial charge in [0.2, 0.25) is 0 Å². The summed E-state index contributed by atoms with van der Waals surface area (Å²) in [6.45, 7) is 0. The molecule has 0 atom stereocenters. The number of amides is 2. The molecule has 1 aliphatic rings. The topological polar surface area (TPSA) is 62.3 Å². The molecule has 1 aromatic heterocycles. The van der Waals surface area contributed by atoms with Crippen LogP contribution in [0.4, 0.5) is 5.13 Å². The number of thiazole rings is 1. The van der Waals surface area contributed by atoms with E-state index in [1.165, 1.54) is 16.2 Å². The Balaban J connectivity index is 1.96. The van der Waals surface area contributed by atoms with Crippen LogP contribution in [0.25, 0.3) is 0 Å². The van der Waals surface area contributed by atoms with Crippen LogP contribution >= 0.6 is 35.3 Å². The highest BCUT2D eigenvalue weighted by Crippen LogP contribution is 2.34. The minimum absolute atomic E-state index is 0.245. The summed E-state index contributed by atoms with van der Waals surface area (Å²) in [6.07, 6.45) is 1.96. The third-order valence-corrected chi connectivity index (χ3v) is 5.67. The summed E-state index contributed by atoms with van der Waals surface area (Å²) in [6, 6.07) is 9.55. The Morgan fingerprint density at radius 1 is 1.33 bits per heavy atom. The maximum atomic E-state index is 12.7. The lowest BCUT2D eigenvalue weighted by Crippen LogP contribution is -2.24. The molecular formula is C16H13N3O2S3. The fourth-order valence-electron chi connectivity index (χ4n) is 2.15. The molecule has 0 radical (unpaired) electrons. The molecule has 0 aliphatic carbocycles. The van der Waals surface area contributed by atoms with E-state index in [2.05, 4.69) is 10.3 Å². The van der Waals surface area contributed by atoms with Gasteiger partial charge in [-0.2, -0.15) is 0 Å². The van der Waals surface area contributed by atoms with Gasteiger partial charge in [0.25, 0.3) is 11.8 Å². The first-order chi connectivity index (χ1) is 11.6. The molecule has 8 heteroatoms. The van der Waals surface area contributed by atoms with Crippen molar-refractivity contribution in [3.63, 3.8) is 0 Å². The quantitative estimate of drug-likeness (QED) is 0.657. The number of benzene rings is 1. The second-order valence-corrected chi connectivity index (χ2v) is 7.53. The van der Waals surface area contributed by atoms with Crippen LogP contribution in [0.3, 0.4) is 0 Å². The first kappa shape index (κ1) is 16.8. The third kappa shape index (κ3) is 3.55. The van der Waals surface area contributed by atoms with E-state index >= 15 is 0 Å². The van der Waals surface area contributed by atoms with Gasteiger partial charge in [0.05, 0.1) is 4.91 Å². The van der Waals surface area contributed by atoms with Crippen LogP contribution in [-0.4, -0.2) is 33.1 Å². The van der Waals surface area contributed by atoms with Crippen molar-refractivity contribution in [3.8, 4) is 0 Å². The largest absolute Gasteiger partial charge is 0.298 e. The summed E-state index contributed by atoms with van der Waals surface area (Å²) < 4.78 is 0.447. The van der Waals surface area contributed by atoms with Gasteiger partial charge in [-0.1, -0.05) is 54.3 Å². The van der Waals surface area contributed by atoms with Crippen molar-refractivity contribution in [1.82, 2.24) is 9.88 Å². The monoisotopic (exact) mass is 375 g/mol. The maximum absolute atomic E-state index is 12.7. The van der Waals surface area contributed by atoms with Gasteiger partial charge in [0.15, 0.2) is 5.13 Å². The zero-order valence-corrected chi connectivity index (χ0v) is 15.1. The molecule has 0 saturated carbocycles. The normalized spacial score (nSPS) is 16.5. The highest BCUT2D eigenvalue weighted by molar-refractivity contribution is 8.26. The molecule has 1 aromatic carbocycles. The average Bonchev–Trinajstić information content (AvgIpc) is 3.18. The summed E-state index contributed by atoms with van der Waals surface area (Å²) in [5.41, 5.74) is 1.35. The smallest absolute Gasteiger partial charge is 0.266 e. The summed E-state index contributed by atoms with van der Waals surface area (Å²) in [7, 11) is 1.61. The van der Waals surface area contributed by atoms with E-state index < -0.39 is 0 Å². The molecule has 1 N–H and O–H groups in total. The molecular weight excluding hydrogens is 362 g/mol. The molecule has 3 rings (SSSR count). The van der Waals surface area contributed by atoms with Gasteiger partial charge in [-0.15, -0.1) is 11.3 Å². The SMILES string of the molecule is CN1C(=O)/C(=C(/Cc2ccccc2)C(=O)Nc2nccs2)SC1=S. The van der Waals surface area contributed by atoms with Crippen LogP contribution < -0.4 is 5.32 Å². The van der Waals surface area contributed by atoms with E-state index in [9.17, 15) is 9.59 Å². The highest BCUT2D eigenvalue weighted by atomic mass is 32.2. The Labute approximate surface area is 152 Å². The maximum Gasteiger partial charge on any atom is 0.266 e. The molecule has 1 saturated heterocycles. The molecule has 2 heterocycles. The van der Waals surface area contributed by atoms with Crippen LogP contribution in [-0.2, 0) is 16.0 Å². The van der Waals surface area contributed by atoms with E-state index in [0.717, 1.165) is 17.3 Å². The van der Waals surface area contributed by atoms with Gasteiger partial charge < -0.3 is 0 Å². The zero-order valence-electron chi connectivity index (χ0n) is 12.7. The summed E-state index contributed by atoms with van der Waals surface area (Å²) in [5, 5.41) is 5.03. The van der Waals surface area contributed by atoms with Crippen molar-refractivity contribution in [1.29, 1.82) is 0 Å². The number of nitrogens with one attached hydrogen (secondary N) is 1. The van der Waals surface area contributed by atoms with Crippen LogP contribution in [0.5, 0.6) is 0 Å². The van der Waals surface area contributed by atoms with E-state index in [-0.39, 0.29) is 11.8 Å². The Hall–Kier alpha value is -2.03. The Bertz CT molecular complexity index is 816. The number of carbonyl (C=O) groups excluding carboxylic acids is 2. The van der Waals surface area contributed by atoms with E-state index in [1.807, 2.05) is 30.3 Å². The number of hydrogen-bond donors (Lipinski definition) is 1. The van der Waals surface area contributed by atoms with E-state index in [0.29, 0.717) is 26.4 Å². The Morgan fingerprint density at radius 2 is 2.08 bits per heavy atom. The van der Waals surface area contributed by atoms with Crippen molar-refractivity contribution in [2.75, 3.05) is 12.4 Å². The highest BCUT2D eigenvalue weighted by Gasteiger charge is 2.33. The predicted octanol–water partition coefficient (Wildman–Crippen LogP) is 3.07. The molecule has 0 spiro atoms. The lowest BCUT2D eigenvalue weighted by Gasteiger charge is -2.10. The van der Waals surface area contributed by atoms with Crippen molar-refractivity contribution >= 4 is 56.6 Å². The van der Waals surface area contributed by atoms with Crippen molar-refractivity contribution in [2.24, 2.45) is 0 Å². The molecule has 2 amide bonds. The molecule has 24 heavy (non-hydrogen) atoms. The number of carbonyl (C=O) groups is 2. The van der Waals surface area contributed by atoms with Crippen molar-refractivity contribution < 1.29 is 9.59 Å². The van der Waals surface area contributed by atoms with Gasteiger partial charge in [0.1, 0.15) is 4.32 Å². The molecule has 2 aromatic rings. The van der Waals surface area contributed by atoms with Gasteiger partial charge in [-0.05, 0) is 5.56 Å². The van der Waals surface area contributed by atoms with Crippen molar-refractivity contribution in [2.45, 2.75) is 6.42 Å². The molecule has 1 fully saturated rings. The number of likely N-dealkylation sites (N-methyl/N-ethyl adjacent to an activating group) is 1.